The van der Waals surface area contributed by atoms with Gasteiger partial charge in [0.05, 0.1) is 11.5 Å². The molecule has 1 N–H and O–H groups in total. The number of non-ortho nitro benzene ring substituents is 1. The van der Waals surface area contributed by atoms with Crippen molar-refractivity contribution in [3.05, 3.63) is 75.8 Å². The standard InChI is InChI=1S/C22H27N5O3.HI/c1-18(28)25-13-15-26(16-14-25)22(23-12-11-19-5-3-2-4-6-19)24-17-20-7-9-21(10-8-20)27(29)30;/h2-10H,11-17H2,1H3,(H,23,24);1H. The Morgan fingerprint density at radius 3 is 2.19 bits per heavy atom. The molecule has 0 unspecified atom stereocenters. The number of benzene rings is 2. The number of nitrogens with zero attached hydrogens (tertiary/aromatic N) is 4. The minimum Gasteiger partial charge on any atom is -0.356 e. The van der Waals surface area contributed by atoms with Gasteiger partial charge in [-0.25, -0.2) is 4.99 Å². The average Bonchev–Trinajstić information content (AvgIpc) is 2.77. The molecular formula is C22H28IN5O3. The summed E-state index contributed by atoms with van der Waals surface area (Å²) in [6.45, 7) is 5.55. The Kier molecular flexibility index (Phi) is 9.70. The summed E-state index contributed by atoms with van der Waals surface area (Å²) in [5, 5.41) is 14.3. The molecule has 9 heteroatoms. The number of nitrogens with one attached hydrogen (secondary N) is 1. The lowest BCUT2D eigenvalue weighted by atomic mass is 10.1. The van der Waals surface area contributed by atoms with Crippen LogP contribution in [0, 0.1) is 10.1 Å². The fourth-order valence-electron chi connectivity index (χ4n) is 3.35. The van der Waals surface area contributed by atoms with Crippen LogP contribution in [0.25, 0.3) is 0 Å². The number of halogens is 1. The van der Waals surface area contributed by atoms with E-state index in [0.717, 1.165) is 37.6 Å². The molecule has 1 fully saturated rings. The fraction of sp³-hybridized carbons (Fsp3) is 0.364. The summed E-state index contributed by atoms with van der Waals surface area (Å²) in [4.78, 5) is 30.8. The van der Waals surface area contributed by atoms with Crippen molar-refractivity contribution in [3.63, 3.8) is 0 Å². The first kappa shape index (κ1) is 24.6. The van der Waals surface area contributed by atoms with Gasteiger partial charge in [-0.05, 0) is 17.5 Å². The number of carbonyl (C=O) groups excluding carboxylic acids is 1. The van der Waals surface area contributed by atoms with Crippen molar-refractivity contribution in [3.8, 4) is 0 Å². The molecule has 1 aliphatic rings. The Morgan fingerprint density at radius 2 is 1.61 bits per heavy atom. The predicted octanol–water partition coefficient (Wildman–Crippen LogP) is 3.07. The van der Waals surface area contributed by atoms with E-state index >= 15 is 0 Å². The third kappa shape index (κ3) is 7.50. The molecule has 0 aliphatic carbocycles. The van der Waals surface area contributed by atoms with E-state index in [1.807, 2.05) is 23.1 Å². The molecule has 166 valence electrons. The molecule has 0 bridgehead atoms. The molecular weight excluding hydrogens is 509 g/mol. The van der Waals surface area contributed by atoms with E-state index in [0.29, 0.717) is 19.6 Å². The number of nitro benzene ring substituents is 1. The van der Waals surface area contributed by atoms with Gasteiger partial charge < -0.3 is 15.1 Å². The molecule has 1 saturated heterocycles. The molecule has 0 aromatic heterocycles. The number of piperazine rings is 1. The number of hydrogen-bond donors (Lipinski definition) is 1. The van der Waals surface area contributed by atoms with Crippen molar-refractivity contribution < 1.29 is 9.72 Å². The molecule has 8 nitrogen and oxygen atoms in total. The number of nitro groups is 1. The first-order valence-corrected chi connectivity index (χ1v) is 10.1. The quantitative estimate of drug-likeness (QED) is 0.201. The van der Waals surface area contributed by atoms with Crippen LogP contribution >= 0.6 is 24.0 Å². The van der Waals surface area contributed by atoms with Gasteiger partial charge in [-0.2, -0.15) is 0 Å². The van der Waals surface area contributed by atoms with E-state index in [9.17, 15) is 14.9 Å². The molecule has 3 rings (SSSR count). The Balaban J connectivity index is 0.00000341. The smallest absolute Gasteiger partial charge is 0.269 e. The third-order valence-electron chi connectivity index (χ3n) is 5.12. The van der Waals surface area contributed by atoms with Crippen LogP contribution in [-0.4, -0.2) is 59.3 Å². The van der Waals surface area contributed by atoms with Gasteiger partial charge in [-0.3, -0.25) is 14.9 Å². The van der Waals surface area contributed by atoms with Crippen molar-refractivity contribution in [2.24, 2.45) is 4.99 Å². The Bertz CT molecular complexity index is 882. The maximum atomic E-state index is 11.6. The molecule has 2 aromatic rings. The molecule has 0 radical (unpaired) electrons. The zero-order valence-corrected chi connectivity index (χ0v) is 19.9. The van der Waals surface area contributed by atoms with Crippen molar-refractivity contribution >= 4 is 41.5 Å². The Hall–Kier alpha value is -2.69. The number of aliphatic imine (C=N–C) groups is 1. The minimum atomic E-state index is -0.405. The lowest BCUT2D eigenvalue weighted by molar-refractivity contribution is -0.384. The summed E-state index contributed by atoms with van der Waals surface area (Å²) in [6, 6.07) is 16.7. The largest absolute Gasteiger partial charge is 0.356 e. The summed E-state index contributed by atoms with van der Waals surface area (Å²) in [5.74, 6) is 0.892. The van der Waals surface area contributed by atoms with E-state index in [1.165, 1.54) is 17.7 Å². The van der Waals surface area contributed by atoms with Gasteiger partial charge >= 0.3 is 0 Å². The van der Waals surface area contributed by atoms with Gasteiger partial charge in [-0.15, -0.1) is 24.0 Å². The van der Waals surface area contributed by atoms with E-state index in [-0.39, 0.29) is 35.6 Å². The predicted molar refractivity (Wildman–Crippen MR) is 132 cm³/mol. The maximum absolute atomic E-state index is 11.6. The summed E-state index contributed by atoms with van der Waals surface area (Å²) in [5.41, 5.74) is 2.23. The van der Waals surface area contributed by atoms with Crippen molar-refractivity contribution in [2.75, 3.05) is 32.7 Å². The maximum Gasteiger partial charge on any atom is 0.269 e. The second-order valence-electron chi connectivity index (χ2n) is 7.22. The number of amides is 1. The van der Waals surface area contributed by atoms with Gasteiger partial charge in [0, 0.05) is 51.8 Å². The third-order valence-corrected chi connectivity index (χ3v) is 5.12. The second-order valence-corrected chi connectivity index (χ2v) is 7.22. The molecule has 0 spiro atoms. The second kappa shape index (κ2) is 12.2. The zero-order chi connectivity index (χ0) is 21.3. The van der Waals surface area contributed by atoms with Crippen LogP contribution in [0.2, 0.25) is 0 Å². The SMILES string of the molecule is CC(=O)N1CCN(C(=NCc2ccc([N+](=O)[O-])cc2)NCCc2ccccc2)CC1.I. The highest BCUT2D eigenvalue weighted by Gasteiger charge is 2.21. The first-order valence-electron chi connectivity index (χ1n) is 10.1. The van der Waals surface area contributed by atoms with Crippen LogP contribution in [0.4, 0.5) is 5.69 Å². The average molecular weight is 537 g/mol. The highest BCUT2D eigenvalue weighted by Crippen LogP contribution is 2.13. The normalized spacial score (nSPS) is 14.0. The fourth-order valence-corrected chi connectivity index (χ4v) is 3.35. The summed E-state index contributed by atoms with van der Waals surface area (Å²) < 4.78 is 0. The number of hydrogen-bond acceptors (Lipinski definition) is 4. The number of rotatable bonds is 6. The van der Waals surface area contributed by atoms with E-state index in [2.05, 4.69) is 22.3 Å². The minimum absolute atomic E-state index is 0. The first-order chi connectivity index (χ1) is 14.5. The van der Waals surface area contributed by atoms with E-state index in [1.54, 1.807) is 19.1 Å². The zero-order valence-electron chi connectivity index (χ0n) is 17.6. The van der Waals surface area contributed by atoms with Gasteiger partial charge in [0.1, 0.15) is 0 Å². The van der Waals surface area contributed by atoms with Crippen LogP contribution in [-0.2, 0) is 17.8 Å². The number of guanidine groups is 1. The summed E-state index contributed by atoms with van der Waals surface area (Å²) in [7, 11) is 0. The van der Waals surface area contributed by atoms with Crippen LogP contribution in [0.1, 0.15) is 18.1 Å². The van der Waals surface area contributed by atoms with Gasteiger partial charge in [0.2, 0.25) is 5.91 Å². The summed E-state index contributed by atoms with van der Waals surface area (Å²) >= 11 is 0. The highest BCUT2D eigenvalue weighted by atomic mass is 127. The molecule has 2 aromatic carbocycles. The van der Waals surface area contributed by atoms with E-state index < -0.39 is 4.92 Å². The molecule has 1 aliphatic heterocycles. The summed E-state index contributed by atoms with van der Waals surface area (Å²) in [6.07, 6.45) is 0.880. The monoisotopic (exact) mass is 537 g/mol. The van der Waals surface area contributed by atoms with Crippen molar-refractivity contribution in [1.29, 1.82) is 0 Å². The Labute approximate surface area is 199 Å². The number of carbonyl (C=O) groups is 1. The van der Waals surface area contributed by atoms with E-state index in [4.69, 9.17) is 4.99 Å². The van der Waals surface area contributed by atoms with Gasteiger partial charge in [-0.1, -0.05) is 42.5 Å². The lowest BCUT2D eigenvalue weighted by Crippen LogP contribution is -2.53. The molecule has 0 saturated carbocycles. The molecule has 1 heterocycles. The van der Waals surface area contributed by atoms with Gasteiger partial charge in [0.15, 0.2) is 5.96 Å². The lowest BCUT2D eigenvalue weighted by Gasteiger charge is -2.36. The van der Waals surface area contributed by atoms with Crippen molar-refractivity contribution in [2.45, 2.75) is 19.9 Å². The van der Waals surface area contributed by atoms with Crippen LogP contribution in [0.3, 0.4) is 0 Å². The van der Waals surface area contributed by atoms with Crippen LogP contribution < -0.4 is 5.32 Å². The highest BCUT2D eigenvalue weighted by molar-refractivity contribution is 14.0. The van der Waals surface area contributed by atoms with Gasteiger partial charge in [0.25, 0.3) is 5.69 Å². The topological polar surface area (TPSA) is 91.1 Å². The molecule has 0 atom stereocenters. The molecule has 1 amide bonds. The van der Waals surface area contributed by atoms with Crippen molar-refractivity contribution in [1.82, 2.24) is 15.1 Å². The Morgan fingerprint density at radius 1 is 1.00 bits per heavy atom. The van der Waals surface area contributed by atoms with Crippen LogP contribution in [0.5, 0.6) is 0 Å². The van der Waals surface area contributed by atoms with Crippen LogP contribution in [0.15, 0.2) is 59.6 Å². The molecule has 31 heavy (non-hydrogen) atoms.